The standard InChI is InChI=1S/C11H14O3/c1-9(2)11(12)14-10-7-5-3-4-6-8-13-10/h5-8,10H,1,3-4H2,2H3/b7-5-,8-6-. The molecule has 0 aromatic rings. The molecule has 0 saturated carbocycles. The van der Waals surface area contributed by atoms with Gasteiger partial charge in [0.15, 0.2) is 0 Å². The highest BCUT2D eigenvalue weighted by Crippen LogP contribution is 2.07. The molecule has 0 aromatic carbocycles. The first-order valence-corrected chi connectivity index (χ1v) is 4.54. The number of allylic oxidation sites excluding steroid dienone is 2. The molecule has 3 nitrogen and oxygen atoms in total. The van der Waals surface area contributed by atoms with Crippen LogP contribution in [-0.2, 0) is 14.3 Å². The normalized spacial score (nSPS) is 25.1. The first-order chi connectivity index (χ1) is 6.70. The average Bonchev–Trinajstić information content (AvgIpc) is 2.08. The topological polar surface area (TPSA) is 35.5 Å². The van der Waals surface area contributed by atoms with Gasteiger partial charge in [-0.25, -0.2) is 4.79 Å². The van der Waals surface area contributed by atoms with E-state index in [-0.39, 0.29) is 0 Å². The van der Waals surface area contributed by atoms with Gasteiger partial charge in [0.1, 0.15) is 0 Å². The van der Waals surface area contributed by atoms with Crippen molar-refractivity contribution >= 4 is 5.97 Å². The van der Waals surface area contributed by atoms with Gasteiger partial charge in [0.2, 0.25) is 0 Å². The monoisotopic (exact) mass is 194 g/mol. The molecule has 0 saturated heterocycles. The predicted octanol–water partition coefficient (Wildman–Crippen LogP) is 2.31. The second-order valence-electron chi connectivity index (χ2n) is 3.07. The lowest BCUT2D eigenvalue weighted by Crippen LogP contribution is -2.18. The fourth-order valence-electron chi connectivity index (χ4n) is 0.919. The summed E-state index contributed by atoms with van der Waals surface area (Å²) in [5, 5.41) is 0. The van der Waals surface area contributed by atoms with E-state index in [9.17, 15) is 4.79 Å². The zero-order valence-corrected chi connectivity index (χ0v) is 8.23. The van der Waals surface area contributed by atoms with Crippen molar-refractivity contribution in [2.45, 2.75) is 26.1 Å². The van der Waals surface area contributed by atoms with E-state index in [1.54, 1.807) is 19.3 Å². The van der Waals surface area contributed by atoms with Gasteiger partial charge in [-0.05, 0) is 31.9 Å². The van der Waals surface area contributed by atoms with Crippen molar-refractivity contribution in [3.63, 3.8) is 0 Å². The Kier molecular flexibility index (Phi) is 3.98. The fourth-order valence-corrected chi connectivity index (χ4v) is 0.919. The zero-order valence-electron chi connectivity index (χ0n) is 8.23. The van der Waals surface area contributed by atoms with Gasteiger partial charge in [-0.2, -0.15) is 0 Å². The molecule has 0 aliphatic carbocycles. The number of hydrogen-bond donors (Lipinski definition) is 0. The van der Waals surface area contributed by atoms with Crippen LogP contribution in [0.1, 0.15) is 19.8 Å². The van der Waals surface area contributed by atoms with Crippen LogP contribution in [-0.4, -0.2) is 12.3 Å². The third-order valence-corrected chi connectivity index (χ3v) is 1.67. The second-order valence-corrected chi connectivity index (χ2v) is 3.07. The van der Waals surface area contributed by atoms with Crippen molar-refractivity contribution in [3.8, 4) is 0 Å². The van der Waals surface area contributed by atoms with Crippen LogP contribution in [0.2, 0.25) is 0 Å². The average molecular weight is 194 g/mol. The molecule has 1 aliphatic rings. The number of hydrogen-bond acceptors (Lipinski definition) is 3. The summed E-state index contributed by atoms with van der Waals surface area (Å²) in [6.07, 6.45) is 8.35. The lowest BCUT2D eigenvalue weighted by molar-refractivity contribution is -0.156. The molecule has 0 bridgehead atoms. The largest absolute Gasteiger partial charge is 0.459 e. The zero-order chi connectivity index (χ0) is 10.4. The van der Waals surface area contributed by atoms with Crippen molar-refractivity contribution in [1.29, 1.82) is 0 Å². The summed E-state index contributed by atoms with van der Waals surface area (Å²) < 4.78 is 10.1. The lowest BCUT2D eigenvalue weighted by Gasteiger charge is -2.14. The smallest absolute Gasteiger partial charge is 0.336 e. The summed E-state index contributed by atoms with van der Waals surface area (Å²) in [6, 6.07) is 0. The van der Waals surface area contributed by atoms with Gasteiger partial charge in [-0.3, -0.25) is 0 Å². The summed E-state index contributed by atoms with van der Waals surface area (Å²) in [6.45, 7) is 5.09. The number of rotatable bonds is 2. The molecule has 0 amide bonds. The van der Waals surface area contributed by atoms with E-state index in [2.05, 4.69) is 6.58 Å². The quantitative estimate of drug-likeness (QED) is 0.384. The molecule has 14 heavy (non-hydrogen) atoms. The Balaban J connectivity index is 2.49. The highest BCUT2D eigenvalue weighted by atomic mass is 16.7. The van der Waals surface area contributed by atoms with Crippen molar-refractivity contribution < 1.29 is 14.3 Å². The van der Waals surface area contributed by atoms with Crippen LogP contribution in [0.4, 0.5) is 0 Å². The Morgan fingerprint density at radius 3 is 2.93 bits per heavy atom. The molecule has 1 unspecified atom stereocenters. The maximum atomic E-state index is 11.1. The summed E-state index contributed by atoms with van der Waals surface area (Å²) in [7, 11) is 0. The molecule has 1 atom stereocenters. The summed E-state index contributed by atoms with van der Waals surface area (Å²) in [5.41, 5.74) is 0.369. The summed E-state index contributed by atoms with van der Waals surface area (Å²) in [4.78, 5) is 11.1. The second kappa shape index (κ2) is 5.27. The predicted molar refractivity (Wildman–Crippen MR) is 53.3 cm³/mol. The Labute approximate surface area is 83.7 Å². The molecule has 0 aromatic heterocycles. The molecule has 1 aliphatic heterocycles. The molecule has 0 spiro atoms. The third kappa shape index (κ3) is 3.47. The van der Waals surface area contributed by atoms with E-state index in [0.717, 1.165) is 12.8 Å². The van der Waals surface area contributed by atoms with Crippen LogP contribution >= 0.6 is 0 Å². The van der Waals surface area contributed by atoms with E-state index in [4.69, 9.17) is 9.47 Å². The van der Waals surface area contributed by atoms with E-state index < -0.39 is 12.3 Å². The van der Waals surface area contributed by atoms with Crippen LogP contribution in [0, 0.1) is 0 Å². The molecule has 1 rings (SSSR count). The highest BCUT2D eigenvalue weighted by Gasteiger charge is 2.11. The molecule has 0 N–H and O–H groups in total. The minimum absolute atomic E-state index is 0.369. The number of carbonyl (C=O) groups is 1. The molecular formula is C11H14O3. The van der Waals surface area contributed by atoms with Gasteiger partial charge in [-0.1, -0.05) is 12.7 Å². The molecule has 0 radical (unpaired) electrons. The minimum atomic E-state index is -0.629. The van der Waals surface area contributed by atoms with Gasteiger partial charge in [0, 0.05) is 5.57 Å². The van der Waals surface area contributed by atoms with Crippen LogP contribution < -0.4 is 0 Å². The Bertz CT molecular complexity index is 276. The number of carbonyl (C=O) groups excluding carboxylic acids is 1. The maximum Gasteiger partial charge on any atom is 0.336 e. The van der Waals surface area contributed by atoms with Crippen LogP contribution in [0.15, 0.2) is 36.6 Å². The van der Waals surface area contributed by atoms with Crippen LogP contribution in [0.25, 0.3) is 0 Å². The van der Waals surface area contributed by atoms with Crippen molar-refractivity contribution in [1.82, 2.24) is 0 Å². The lowest BCUT2D eigenvalue weighted by atomic mass is 10.2. The van der Waals surface area contributed by atoms with Crippen molar-refractivity contribution in [3.05, 3.63) is 36.6 Å². The van der Waals surface area contributed by atoms with Gasteiger partial charge < -0.3 is 9.47 Å². The van der Waals surface area contributed by atoms with Crippen LogP contribution in [0.3, 0.4) is 0 Å². The van der Waals surface area contributed by atoms with Gasteiger partial charge in [0.25, 0.3) is 6.29 Å². The Morgan fingerprint density at radius 1 is 1.50 bits per heavy atom. The fraction of sp³-hybridized carbons (Fsp3) is 0.364. The van der Waals surface area contributed by atoms with Crippen molar-refractivity contribution in [2.75, 3.05) is 0 Å². The van der Waals surface area contributed by atoms with Crippen molar-refractivity contribution in [2.24, 2.45) is 0 Å². The van der Waals surface area contributed by atoms with E-state index in [1.165, 1.54) is 0 Å². The molecule has 3 heteroatoms. The van der Waals surface area contributed by atoms with Gasteiger partial charge >= 0.3 is 5.97 Å². The first-order valence-electron chi connectivity index (χ1n) is 4.54. The third-order valence-electron chi connectivity index (χ3n) is 1.67. The molecule has 1 heterocycles. The van der Waals surface area contributed by atoms with E-state index in [1.807, 2.05) is 12.2 Å². The first kappa shape index (κ1) is 10.6. The Hall–Kier alpha value is -1.51. The summed E-state index contributed by atoms with van der Waals surface area (Å²) >= 11 is 0. The SMILES string of the molecule is C=C(C)C(=O)OC1/C=C\CC/C=C\O1. The molecular weight excluding hydrogens is 180 g/mol. The summed E-state index contributed by atoms with van der Waals surface area (Å²) in [5.74, 6) is -0.436. The maximum absolute atomic E-state index is 11.1. The van der Waals surface area contributed by atoms with E-state index >= 15 is 0 Å². The molecule has 0 fully saturated rings. The molecule has 76 valence electrons. The number of esters is 1. The number of ether oxygens (including phenoxy) is 2. The van der Waals surface area contributed by atoms with Gasteiger partial charge in [-0.15, -0.1) is 0 Å². The van der Waals surface area contributed by atoms with Gasteiger partial charge in [0.05, 0.1) is 6.26 Å². The minimum Gasteiger partial charge on any atom is -0.459 e. The van der Waals surface area contributed by atoms with E-state index in [0.29, 0.717) is 5.57 Å². The Morgan fingerprint density at radius 2 is 2.21 bits per heavy atom. The highest BCUT2D eigenvalue weighted by molar-refractivity contribution is 5.87. The van der Waals surface area contributed by atoms with Crippen LogP contribution in [0.5, 0.6) is 0 Å².